The second kappa shape index (κ2) is 9.56. The van der Waals surface area contributed by atoms with Crippen LogP contribution in [0.5, 0.6) is 0 Å². The molecular weight excluding hydrogens is 414 g/mol. The predicted molar refractivity (Wildman–Crippen MR) is 128 cm³/mol. The van der Waals surface area contributed by atoms with Gasteiger partial charge in [-0.3, -0.25) is 0 Å². The third-order valence-electron chi connectivity index (χ3n) is 5.49. The molecule has 2 N–H and O–H groups in total. The standard InChI is InChI=1S/C24H30O4P2/c1-19-8-4-11-22(16-19)29(15-7-14-28-30(25,26)27,23-12-5-9-20(2)17-23)24-13-6-10-21(3)18-24/h4-6,8-13,16-18,29H,7,14-15H2,1-3H3,(H2,25,26,27). The van der Waals surface area contributed by atoms with E-state index in [-0.39, 0.29) is 6.61 Å². The van der Waals surface area contributed by atoms with Gasteiger partial charge in [-0.2, -0.15) is 0 Å². The van der Waals surface area contributed by atoms with Crippen molar-refractivity contribution in [2.45, 2.75) is 27.2 Å². The van der Waals surface area contributed by atoms with Crippen molar-refractivity contribution in [2.24, 2.45) is 0 Å². The molecular formula is C24H30O4P2. The molecule has 0 fully saturated rings. The van der Waals surface area contributed by atoms with Crippen molar-refractivity contribution >= 4 is 31.0 Å². The zero-order valence-electron chi connectivity index (χ0n) is 17.7. The van der Waals surface area contributed by atoms with Crippen molar-refractivity contribution in [3.63, 3.8) is 0 Å². The zero-order chi connectivity index (χ0) is 21.8. The first kappa shape index (κ1) is 22.9. The first-order valence-corrected chi connectivity index (χ1v) is 13.9. The Labute approximate surface area is 179 Å². The predicted octanol–water partition coefficient (Wildman–Crippen LogP) is 4.14. The Bertz CT molecular complexity index is 947. The van der Waals surface area contributed by atoms with Crippen molar-refractivity contribution in [3.05, 3.63) is 89.5 Å². The molecule has 0 atom stereocenters. The van der Waals surface area contributed by atoms with Crippen molar-refractivity contribution < 1.29 is 18.9 Å². The van der Waals surface area contributed by atoms with E-state index < -0.39 is 15.1 Å². The quantitative estimate of drug-likeness (QED) is 0.405. The van der Waals surface area contributed by atoms with E-state index in [9.17, 15) is 4.57 Å². The van der Waals surface area contributed by atoms with Crippen LogP contribution in [0.2, 0.25) is 0 Å². The van der Waals surface area contributed by atoms with Gasteiger partial charge in [0.2, 0.25) is 0 Å². The number of hydrogen-bond donors (Lipinski definition) is 2. The number of phosphoric acid groups is 1. The first-order chi connectivity index (χ1) is 14.2. The second-order valence-electron chi connectivity index (χ2n) is 7.94. The second-order valence-corrected chi connectivity index (χ2v) is 13.2. The van der Waals surface area contributed by atoms with E-state index in [2.05, 4.69) is 93.6 Å². The molecule has 4 nitrogen and oxygen atoms in total. The summed E-state index contributed by atoms with van der Waals surface area (Å²) in [6.45, 7) is 6.34. The monoisotopic (exact) mass is 444 g/mol. The summed E-state index contributed by atoms with van der Waals surface area (Å²) in [4.78, 5) is 18.2. The summed E-state index contributed by atoms with van der Waals surface area (Å²) in [6, 6.07) is 26.0. The van der Waals surface area contributed by atoms with Gasteiger partial charge in [-0.1, -0.05) is 0 Å². The molecule has 0 spiro atoms. The van der Waals surface area contributed by atoms with Gasteiger partial charge in [0.1, 0.15) is 0 Å². The number of benzene rings is 3. The van der Waals surface area contributed by atoms with E-state index in [4.69, 9.17) is 14.3 Å². The molecule has 0 aromatic heterocycles. The summed E-state index contributed by atoms with van der Waals surface area (Å²) < 4.78 is 16.0. The van der Waals surface area contributed by atoms with E-state index in [1.807, 2.05) is 0 Å². The summed E-state index contributed by atoms with van der Waals surface area (Å²) in [6.07, 6.45) is 1.36. The van der Waals surface area contributed by atoms with E-state index in [0.717, 1.165) is 6.16 Å². The van der Waals surface area contributed by atoms with Crippen molar-refractivity contribution in [2.75, 3.05) is 12.8 Å². The Morgan fingerprint density at radius 3 is 1.50 bits per heavy atom. The Hall–Kier alpha value is -1.80. The van der Waals surface area contributed by atoms with Crippen LogP contribution in [-0.2, 0) is 9.09 Å². The third kappa shape index (κ3) is 5.46. The van der Waals surface area contributed by atoms with Gasteiger partial charge in [0.05, 0.1) is 0 Å². The molecule has 6 heteroatoms. The van der Waals surface area contributed by atoms with Crippen LogP contribution in [0.3, 0.4) is 0 Å². The average molecular weight is 444 g/mol. The van der Waals surface area contributed by atoms with Crippen LogP contribution in [0, 0.1) is 20.8 Å². The Balaban J connectivity index is 2.18. The van der Waals surface area contributed by atoms with E-state index in [1.54, 1.807) is 0 Å². The molecule has 160 valence electrons. The normalized spacial score (nSPS) is 12.7. The van der Waals surface area contributed by atoms with Gasteiger partial charge < -0.3 is 0 Å². The minimum atomic E-state index is -4.47. The van der Waals surface area contributed by atoms with Gasteiger partial charge in [0.25, 0.3) is 0 Å². The van der Waals surface area contributed by atoms with Crippen molar-refractivity contribution in [3.8, 4) is 0 Å². The molecule has 30 heavy (non-hydrogen) atoms. The summed E-state index contributed by atoms with van der Waals surface area (Å²) in [7, 11) is -6.92. The Morgan fingerprint density at radius 1 is 0.767 bits per heavy atom. The molecule has 3 aromatic rings. The van der Waals surface area contributed by atoms with Gasteiger partial charge in [0.15, 0.2) is 0 Å². The van der Waals surface area contributed by atoms with Crippen LogP contribution in [-0.4, -0.2) is 22.6 Å². The van der Waals surface area contributed by atoms with E-state index >= 15 is 0 Å². The SMILES string of the molecule is Cc1cccc([PH](CCCOP(=O)(O)O)(c2cccc(C)c2)c2cccc(C)c2)c1. The van der Waals surface area contributed by atoms with Crippen LogP contribution >= 0.6 is 15.1 Å². The molecule has 0 saturated carbocycles. The molecule has 0 heterocycles. The third-order valence-corrected chi connectivity index (χ3v) is 11.0. The average Bonchev–Trinajstić information content (AvgIpc) is 2.67. The molecule has 0 saturated heterocycles. The maximum absolute atomic E-state index is 11.2. The topological polar surface area (TPSA) is 66.8 Å². The molecule has 0 radical (unpaired) electrons. The van der Waals surface area contributed by atoms with Crippen LogP contribution in [0.1, 0.15) is 23.1 Å². The van der Waals surface area contributed by atoms with Gasteiger partial charge in [0, 0.05) is 0 Å². The van der Waals surface area contributed by atoms with Crippen LogP contribution in [0.15, 0.2) is 72.8 Å². The fourth-order valence-corrected chi connectivity index (χ4v) is 9.66. The van der Waals surface area contributed by atoms with Gasteiger partial charge in [-0.15, -0.1) is 0 Å². The molecule has 0 amide bonds. The summed E-state index contributed by atoms with van der Waals surface area (Å²) in [5.41, 5.74) is 3.61. The Kier molecular flexibility index (Phi) is 7.29. The van der Waals surface area contributed by atoms with Crippen molar-refractivity contribution in [1.29, 1.82) is 0 Å². The summed E-state index contributed by atoms with van der Waals surface area (Å²) in [5.74, 6) is 0. The Morgan fingerprint density at radius 2 is 1.17 bits per heavy atom. The number of aryl methyl sites for hydroxylation is 3. The number of phosphoric ester groups is 1. The van der Waals surface area contributed by atoms with Crippen LogP contribution in [0.4, 0.5) is 0 Å². The zero-order valence-corrected chi connectivity index (χ0v) is 19.6. The molecule has 3 aromatic carbocycles. The van der Waals surface area contributed by atoms with Gasteiger partial charge in [-0.05, 0) is 0 Å². The van der Waals surface area contributed by atoms with Crippen LogP contribution < -0.4 is 15.9 Å². The fraction of sp³-hybridized carbons (Fsp3) is 0.250. The molecule has 0 unspecified atom stereocenters. The summed E-state index contributed by atoms with van der Waals surface area (Å²) >= 11 is 0. The minimum absolute atomic E-state index is 0.0302. The van der Waals surface area contributed by atoms with Crippen LogP contribution in [0.25, 0.3) is 0 Å². The first-order valence-electron chi connectivity index (χ1n) is 10.1. The van der Waals surface area contributed by atoms with E-state index in [0.29, 0.717) is 6.42 Å². The molecule has 0 aliphatic heterocycles. The molecule has 0 aliphatic rings. The van der Waals surface area contributed by atoms with Gasteiger partial charge in [-0.25, -0.2) is 0 Å². The molecule has 0 aliphatic carbocycles. The number of hydrogen-bond acceptors (Lipinski definition) is 2. The summed E-state index contributed by atoms with van der Waals surface area (Å²) in [5, 5.41) is 3.90. The van der Waals surface area contributed by atoms with Gasteiger partial charge >= 0.3 is 179 Å². The molecule has 0 bridgehead atoms. The van der Waals surface area contributed by atoms with E-state index in [1.165, 1.54) is 32.6 Å². The molecule has 3 rings (SSSR count). The number of rotatable bonds is 8. The van der Waals surface area contributed by atoms with Crippen molar-refractivity contribution in [1.82, 2.24) is 0 Å². The fourth-order valence-electron chi connectivity index (χ4n) is 4.19. The maximum atomic E-state index is 11.2.